The number of benzene rings is 2. The molecule has 0 amide bonds. The molecule has 0 fully saturated rings. The lowest BCUT2D eigenvalue weighted by molar-refractivity contribution is -0.385. The SMILES string of the molecule is CSc1cc([N+](=O)[O-])ccc1C[C@H](O)c1ccccc1. The summed E-state index contributed by atoms with van der Waals surface area (Å²) in [7, 11) is 0. The molecule has 2 aromatic rings. The number of rotatable bonds is 5. The van der Waals surface area contributed by atoms with Gasteiger partial charge in [0.1, 0.15) is 0 Å². The average molecular weight is 289 g/mol. The predicted molar refractivity (Wildman–Crippen MR) is 80.0 cm³/mol. The molecular formula is C15H15NO3S. The molecule has 1 atom stereocenters. The van der Waals surface area contributed by atoms with Gasteiger partial charge in [-0.2, -0.15) is 0 Å². The van der Waals surface area contributed by atoms with E-state index < -0.39 is 11.0 Å². The summed E-state index contributed by atoms with van der Waals surface area (Å²) in [5, 5.41) is 21.0. The molecule has 2 aromatic carbocycles. The minimum atomic E-state index is -0.608. The van der Waals surface area contributed by atoms with Gasteiger partial charge in [0.15, 0.2) is 0 Å². The van der Waals surface area contributed by atoms with E-state index in [9.17, 15) is 15.2 Å². The van der Waals surface area contributed by atoms with E-state index in [1.807, 2.05) is 36.6 Å². The zero-order valence-electron chi connectivity index (χ0n) is 11.0. The minimum Gasteiger partial charge on any atom is -0.388 e. The lowest BCUT2D eigenvalue weighted by Gasteiger charge is -2.13. The molecule has 0 aliphatic rings. The molecule has 0 aliphatic heterocycles. The molecule has 0 saturated heterocycles. The molecule has 2 rings (SSSR count). The third kappa shape index (κ3) is 3.37. The molecule has 20 heavy (non-hydrogen) atoms. The molecule has 0 saturated carbocycles. The Kier molecular flexibility index (Phi) is 4.76. The Morgan fingerprint density at radius 3 is 2.55 bits per heavy atom. The van der Waals surface area contributed by atoms with E-state index in [2.05, 4.69) is 0 Å². The lowest BCUT2D eigenvalue weighted by atomic mass is 10.0. The number of aliphatic hydroxyl groups is 1. The average Bonchev–Trinajstić information content (AvgIpc) is 2.48. The molecule has 0 heterocycles. The molecule has 0 unspecified atom stereocenters. The standard InChI is InChI=1S/C15H15NO3S/c1-20-15-10-13(16(18)19)8-7-12(15)9-14(17)11-5-3-2-4-6-11/h2-8,10,14,17H,9H2,1H3/t14-/m0/s1. The van der Waals surface area contributed by atoms with Crippen molar-refractivity contribution in [3.8, 4) is 0 Å². The first-order chi connectivity index (χ1) is 9.61. The molecule has 0 aliphatic carbocycles. The van der Waals surface area contributed by atoms with Gasteiger partial charge in [-0.1, -0.05) is 36.4 Å². The van der Waals surface area contributed by atoms with E-state index in [1.54, 1.807) is 12.1 Å². The van der Waals surface area contributed by atoms with E-state index >= 15 is 0 Å². The lowest BCUT2D eigenvalue weighted by Crippen LogP contribution is -2.03. The predicted octanol–water partition coefficient (Wildman–Crippen LogP) is 3.59. The summed E-state index contributed by atoms with van der Waals surface area (Å²) >= 11 is 1.45. The van der Waals surface area contributed by atoms with E-state index in [-0.39, 0.29) is 5.69 Å². The third-order valence-electron chi connectivity index (χ3n) is 3.08. The number of hydrogen-bond donors (Lipinski definition) is 1. The van der Waals surface area contributed by atoms with Crippen LogP contribution in [0, 0.1) is 10.1 Å². The fraction of sp³-hybridized carbons (Fsp3) is 0.200. The summed E-state index contributed by atoms with van der Waals surface area (Å²) in [6.07, 6.45) is 1.71. The first-order valence-corrected chi connectivity index (χ1v) is 7.38. The maximum absolute atomic E-state index is 10.8. The van der Waals surface area contributed by atoms with Crippen molar-refractivity contribution >= 4 is 17.4 Å². The van der Waals surface area contributed by atoms with Crippen LogP contribution in [-0.2, 0) is 6.42 Å². The summed E-state index contributed by atoms with van der Waals surface area (Å²) in [6.45, 7) is 0. The highest BCUT2D eigenvalue weighted by molar-refractivity contribution is 7.98. The highest BCUT2D eigenvalue weighted by Gasteiger charge is 2.14. The van der Waals surface area contributed by atoms with Gasteiger partial charge in [0.25, 0.3) is 5.69 Å². The first-order valence-electron chi connectivity index (χ1n) is 6.16. The number of nitro groups is 1. The normalized spacial score (nSPS) is 12.1. The van der Waals surface area contributed by atoms with Gasteiger partial charge in [-0.15, -0.1) is 11.8 Å². The zero-order chi connectivity index (χ0) is 14.5. The van der Waals surface area contributed by atoms with E-state index in [1.165, 1.54) is 17.8 Å². The smallest absolute Gasteiger partial charge is 0.270 e. The second-order valence-electron chi connectivity index (χ2n) is 4.38. The van der Waals surface area contributed by atoms with Crippen LogP contribution >= 0.6 is 11.8 Å². The number of hydrogen-bond acceptors (Lipinski definition) is 4. The molecule has 104 valence electrons. The maximum atomic E-state index is 10.8. The van der Waals surface area contributed by atoms with Crippen LogP contribution < -0.4 is 0 Å². The van der Waals surface area contributed by atoms with Gasteiger partial charge >= 0.3 is 0 Å². The van der Waals surface area contributed by atoms with Crippen molar-refractivity contribution in [2.24, 2.45) is 0 Å². The highest BCUT2D eigenvalue weighted by Crippen LogP contribution is 2.29. The molecule has 0 spiro atoms. The Bertz CT molecular complexity index is 601. The summed E-state index contributed by atoms with van der Waals surface area (Å²) in [4.78, 5) is 11.2. The van der Waals surface area contributed by atoms with E-state index in [4.69, 9.17) is 0 Å². The quantitative estimate of drug-likeness (QED) is 0.519. The Balaban J connectivity index is 2.23. The van der Waals surface area contributed by atoms with Gasteiger partial charge in [-0.3, -0.25) is 10.1 Å². The first kappa shape index (κ1) is 14.6. The largest absolute Gasteiger partial charge is 0.388 e. The van der Waals surface area contributed by atoms with Crippen LogP contribution in [0.1, 0.15) is 17.2 Å². The van der Waals surface area contributed by atoms with Gasteiger partial charge in [0.2, 0.25) is 0 Å². The Morgan fingerprint density at radius 1 is 1.25 bits per heavy atom. The third-order valence-corrected chi connectivity index (χ3v) is 3.90. The van der Waals surface area contributed by atoms with Crippen molar-refractivity contribution in [1.82, 2.24) is 0 Å². The van der Waals surface area contributed by atoms with Crippen molar-refractivity contribution in [1.29, 1.82) is 0 Å². The van der Waals surface area contributed by atoms with Gasteiger partial charge in [-0.05, 0) is 17.4 Å². The van der Waals surface area contributed by atoms with E-state index in [0.717, 1.165) is 16.0 Å². The van der Waals surface area contributed by atoms with Gasteiger partial charge < -0.3 is 5.11 Å². The number of nitrogens with zero attached hydrogens (tertiary/aromatic N) is 1. The molecular weight excluding hydrogens is 274 g/mol. The monoisotopic (exact) mass is 289 g/mol. The maximum Gasteiger partial charge on any atom is 0.270 e. The number of aliphatic hydroxyl groups excluding tert-OH is 1. The van der Waals surface area contributed by atoms with E-state index in [0.29, 0.717) is 6.42 Å². The van der Waals surface area contributed by atoms with Crippen molar-refractivity contribution in [3.63, 3.8) is 0 Å². The van der Waals surface area contributed by atoms with Crippen LogP contribution in [0.3, 0.4) is 0 Å². The topological polar surface area (TPSA) is 63.4 Å². The summed E-state index contributed by atoms with van der Waals surface area (Å²) in [5.41, 5.74) is 1.84. The molecule has 5 heteroatoms. The van der Waals surface area contributed by atoms with Crippen molar-refractivity contribution in [3.05, 3.63) is 69.8 Å². The summed E-state index contributed by atoms with van der Waals surface area (Å²) in [6, 6.07) is 14.1. The van der Waals surface area contributed by atoms with Crippen LogP contribution in [0.4, 0.5) is 5.69 Å². The Morgan fingerprint density at radius 2 is 1.95 bits per heavy atom. The zero-order valence-corrected chi connectivity index (χ0v) is 11.8. The van der Waals surface area contributed by atoms with Gasteiger partial charge in [0, 0.05) is 23.4 Å². The molecule has 1 N–H and O–H groups in total. The van der Waals surface area contributed by atoms with Crippen LogP contribution in [0.25, 0.3) is 0 Å². The molecule has 0 bridgehead atoms. The number of non-ortho nitro benzene ring substituents is 1. The minimum absolute atomic E-state index is 0.0762. The highest BCUT2D eigenvalue weighted by atomic mass is 32.2. The van der Waals surface area contributed by atoms with Crippen LogP contribution in [-0.4, -0.2) is 16.3 Å². The van der Waals surface area contributed by atoms with Gasteiger partial charge in [0.05, 0.1) is 11.0 Å². The summed E-state index contributed by atoms with van der Waals surface area (Å²) in [5.74, 6) is 0. The van der Waals surface area contributed by atoms with Crippen LogP contribution in [0.5, 0.6) is 0 Å². The molecule has 0 aromatic heterocycles. The van der Waals surface area contributed by atoms with Crippen LogP contribution in [0.2, 0.25) is 0 Å². The number of thioether (sulfide) groups is 1. The van der Waals surface area contributed by atoms with Crippen molar-refractivity contribution < 1.29 is 10.0 Å². The van der Waals surface area contributed by atoms with Gasteiger partial charge in [-0.25, -0.2) is 0 Å². The second-order valence-corrected chi connectivity index (χ2v) is 5.23. The second kappa shape index (κ2) is 6.54. The van der Waals surface area contributed by atoms with Crippen LogP contribution in [0.15, 0.2) is 53.4 Å². The van der Waals surface area contributed by atoms with Crippen molar-refractivity contribution in [2.75, 3.05) is 6.26 Å². The molecule has 0 radical (unpaired) electrons. The Labute approximate surface area is 121 Å². The fourth-order valence-corrected chi connectivity index (χ4v) is 2.67. The fourth-order valence-electron chi connectivity index (χ4n) is 2.02. The summed E-state index contributed by atoms with van der Waals surface area (Å²) < 4.78 is 0. The Hall–Kier alpha value is -1.85. The number of nitro benzene ring substituents is 1. The van der Waals surface area contributed by atoms with Crippen molar-refractivity contribution in [2.45, 2.75) is 17.4 Å². The molecule has 4 nitrogen and oxygen atoms in total.